The van der Waals surface area contributed by atoms with Crippen molar-refractivity contribution in [1.82, 2.24) is 0 Å². The molecule has 1 atom stereocenters. The number of phenols is 1. The largest absolute Gasteiger partial charge is 0.508 e. The summed E-state index contributed by atoms with van der Waals surface area (Å²) in [5.41, 5.74) is 2.36. The first-order valence-corrected chi connectivity index (χ1v) is 6.28. The molecule has 82 valence electrons. The summed E-state index contributed by atoms with van der Waals surface area (Å²) in [5, 5.41) is 13.6. The van der Waals surface area contributed by atoms with E-state index < -0.39 is 0 Å². The summed E-state index contributed by atoms with van der Waals surface area (Å²) in [7, 11) is 0. The smallest absolute Gasteiger partial charge is 0.125 e. The molecule has 16 heavy (non-hydrogen) atoms. The number of phenolic OH excluding ortho intramolecular Hbond substituents is 1. The average Bonchev–Trinajstić information content (AvgIpc) is 2.82. The van der Waals surface area contributed by atoms with Crippen molar-refractivity contribution in [3.05, 3.63) is 46.2 Å². The molecular formula is C13H12O2S. The van der Waals surface area contributed by atoms with Crippen LogP contribution in [0.5, 0.6) is 11.5 Å². The topological polar surface area (TPSA) is 29.5 Å². The fourth-order valence-corrected chi connectivity index (χ4v) is 2.77. The van der Waals surface area contributed by atoms with E-state index in [9.17, 15) is 5.11 Å². The van der Waals surface area contributed by atoms with E-state index in [-0.39, 0.29) is 6.10 Å². The molecule has 0 spiro atoms. The van der Waals surface area contributed by atoms with Crippen LogP contribution in [0.3, 0.4) is 0 Å². The molecule has 0 saturated heterocycles. The lowest BCUT2D eigenvalue weighted by atomic mass is 9.99. The third kappa shape index (κ3) is 1.67. The summed E-state index contributed by atoms with van der Waals surface area (Å²) in [6, 6.07) is 7.43. The Morgan fingerprint density at radius 3 is 3.06 bits per heavy atom. The summed E-state index contributed by atoms with van der Waals surface area (Å²) < 4.78 is 5.93. The van der Waals surface area contributed by atoms with E-state index >= 15 is 0 Å². The molecule has 2 aromatic rings. The number of aryl methyl sites for hydroxylation is 1. The molecule has 1 aromatic heterocycles. The molecular weight excluding hydrogens is 220 g/mol. The number of fused-ring (bicyclic) bond motifs is 1. The van der Waals surface area contributed by atoms with E-state index in [4.69, 9.17) is 4.74 Å². The highest BCUT2D eigenvalue weighted by Gasteiger charge is 2.21. The zero-order chi connectivity index (χ0) is 11.0. The maximum atomic E-state index is 9.38. The molecule has 3 heteroatoms. The Bertz CT molecular complexity index is 491. The minimum Gasteiger partial charge on any atom is -0.508 e. The number of thiophene rings is 1. The van der Waals surface area contributed by atoms with Crippen LogP contribution in [0.4, 0.5) is 0 Å². The Morgan fingerprint density at radius 1 is 1.31 bits per heavy atom. The van der Waals surface area contributed by atoms with Gasteiger partial charge in [-0.1, -0.05) is 0 Å². The van der Waals surface area contributed by atoms with Gasteiger partial charge in [0.15, 0.2) is 0 Å². The fraction of sp³-hybridized carbons (Fsp3) is 0.231. The first-order chi connectivity index (χ1) is 7.83. The zero-order valence-electron chi connectivity index (χ0n) is 8.72. The maximum absolute atomic E-state index is 9.38. The van der Waals surface area contributed by atoms with Gasteiger partial charge >= 0.3 is 0 Å². The van der Waals surface area contributed by atoms with Gasteiger partial charge in [0.05, 0.1) is 0 Å². The van der Waals surface area contributed by atoms with Gasteiger partial charge in [-0.05, 0) is 53.4 Å². The van der Waals surface area contributed by atoms with E-state index in [0.717, 1.165) is 24.2 Å². The predicted octanol–water partition coefficient (Wildman–Crippen LogP) is 3.52. The van der Waals surface area contributed by atoms with Crippen molar-refractivity contribution in [3.8, 4) is 11.5 Å². The van der Waals surface area contributed by atoms with Gasteiger partial charge in [-0.3, -0.25) is 0 Å². The fourth-order valence-electron chi connectivity index (χ4n) is 2.07. The third-order valence-electron chi connectivity index (χ3n) is 2.90. The maximum Gasteiger partial charge on any atom is 0.125 e. The summed E-state index contributed by atoms with van der Waals surface area (Å²) >= 11 is 1.70. The van der Waals surface area contributed by atoms with Gasteiger partial charge in [0.25, 0.3) is 0 Å². The molecule has 1 N–H and O–H groups in total. The van der Waals surface area contributed by atoms with E-state index in [0.29, 0.717) is 5.75 Å². The highest BCUT2D eigenvalue weighted by molar-refractivity contribution is 7.07. The van der Waals surface area contributed by atoms with Crippen LogP contribution in [-0.4, -0.2) is 5.11 Å². The standard InChI is InChI=1S/C13H12O2S/c14-11-2-4-12-9(7-11)1-3-13(15-12)10-5-6-16-8-10/h2,4-8,13-14H,1,3H2/t13-/m0/s1. The highest BCUT2D eigenvalue weighted by Crippen LogP contribution is 2.36. The van der Waals surface area contributed by atoms with Gasteiger partial charge in [-0.25, -0.2) is 0 Å². The van der Waals surface area contributed by atoms with Crippen molar-refractivity contribution in [3.63, 3.8) is 0 Å². The lowest BCUT2D eigenvalue weighted by Gasteiger charge is -2.25. The van der Waals surface area contributed by atoms with Crippen LogP contribution < -0.4 is 4.74 Å². The summed E-state index contributed by atoms with van der Waals surface area (Å²) in [5.74, 6) is 1.22. The number of benzene rings is 1. The number of hydrogen-bond donors (Lipinski definition) is 1. The number of hydrogen-bond acceptors (Lipinski definition) is 3. The molecule has 0 bridgehead atoms. The molecule has 1 aromatic carbocycles. The molecule has 2 nitrogen and oxygen atoms in total. The third-order valence-corrected chi connectivity index (χ3v) is 3.61. The summed E-state index contributed by atoms with van der Waals surface area (Å²) in [4.78, 5) is 0. The van der Waals surface area contributed by atoms with Gasteiger partial charge in [0, 0.05) is 5.56 Å². The van der Waals surface area contributed by atoms with E-state index in [1.165, 1.54) is 5.56 Å². The Balaban J connectivity index is 1.89. The van der Waals surface area contributed by atoms with E-state index in [1.807, 2.05) is 6.07 Å². The van der Waals surface area contributed by atoms with Crippen LogP contribution >= 0.6 is 11.3 Å². The Hall–Kier alpha value is -1.48. The van der Waals surface area contributed by atoms with Crippen LogP contribution in [0.2, 0.25) is 0 Å². The lowest BCUT2D eigenvalue weighted by molar-refractivity contribution is 0.177. The average molecular weight is 232 g/mol. The second-order valence-electron chi connectivity index (χ2n) is 3.99. The first-order valence-electron chi connectivity index (χ1n) is 5.33. The Morgan fingerprint density at radius 2 is 2.25 bits per heavy atom. The SMILES string of the molecule is Oc1ccc2c(c1)CC[C@@H](c1ccsc1)O2. The van der Waals surface area contributed by atoms with E-state index in [1.54, 1.807) is 23.5 Å². The molecule has 3 rings (SSSR count). The van der Waals surface area contributed by atoms with Crippen LogP contribution in [0.25, 0.3) is 0 Å². The number of aromatic hydroxyl groups is 1. The molecule has 2 heterocycles. The van der Waals surface area contributed by atoms with Crippen molar-refractivity contribution in [2.45, 2.75) is 18.9 Å². The van der Waals surface area contributed by atoms with Crippen molar-refractivity contribution >= 4 is 11.3 Å². The van der Waals surface area contributed by atoms with Crippen LogP contribution in [0, 0.1) is 0 Å². The van der Waals surface area contributed by atoms with Crippen LogP contribution in [0.15, 0.2) is 35.0 Å². The molecule has 0 saturated carbocycles. The van der Waals surface area contributed by atoms with Crippen molar-refractivity contribution in [2.24, 2.45) is 0 Å². The summed E-state index contributed by atoms with van der Waals surface area (Å²) in [6.45, 7) is 0. The minimum absolute atomic E-state index is 0.170. The Labute approximate surface area is 98.1 Å². The van der Waals surface area contributed by atoms with Crippen molar-refractivity contribution in [2.75, 3.05) is 0 Å². The molecule has 0 aliphatic carbocycles. The van der Waals surface area contributed by atoms with Gasteiger partial charge in [-0.15, -0.1) is 0 Å². The predicted molar refractivity (Wildman–Crippen MR) is 64.1 cm³/mol. The minimum atomic E-state index is 0.170. The van der Waals surface area contributed by atoms with E-state index in [2.05, 4.69) is 16.8 Å². The monoisotopic (exact) mass is 232 g/mol. The lowest BCUT2D eigenvalue weighted by Crippen LogP contribution is -2.14. The quantitative estimate of drug-likeness (QED) is 0.815. The molecule has 1 aliphatic heterocycles. The van der Waals surface area contributed by atoms with Crippen molar-refractivity contribution < 1.29 is 9.84 Å². The number of rotatable bonds is 1. The van der Waals surface area contributed by atoms with Crippen molar-refractivity contribution in [1.29, 1.82) is 0 Å². The van der Waals surface area contributed by atoms with Crippen LogP contribution in [-0.2, 0) is 6.42 Å². The summed E-state index contributed by atoms with van der Waals surface area (Å²) in [6.07, 6.45) is 2.11. The first kappa shape index (κ1) is 9.73. The molecule has 0 fully saturated rings. The molecule has 0 amide bonds. The normalized spacial score (nSPS) is 18.9. The molecule has 0 radical (unpaired) electrons. The van der Waals surface area contributed by atoms with Gasteiger partial charge in [-0.2, -0.15) is 11.3 Å². The molecule has 0 unspecified atom stereocenters. The number of ether oxygens (including phenoxy) is 1. The van der Waals surface area contributed by atoms with Crippen LogP contribution in [0.1, 0.15) is 23.7 Å². The Kier molecular flexibility index (Phi) is 2.33. The van der Waals surface area contributed by atoms with Gasteiger partial charge < -0.3 is 9.84 Å². The second kappa shape index (κ2) is 3.83. The highest BCUT2D eigenvalue weighted by atomic mass is 32.1. The second-order valence-corrected chi connectivity index (χ2v) is 4.77. The van der Waals surface area contributed by atoms with Gasteiger partial charge in [0.1, 0.15) is 17.6 Å². The zero-order valence-corrected chi connectivity index (χ0v) is 9.54. The van der Waals surface area contributed by atoms with Gasteiger partial charge in [0.2, 0.25) is 0 Å². The molecule has 1 aliphatic rings.